The molecule has 3 unspecified atom stereocenters. The van der Waals surface area contributed by atoms with Gasteiger partial charge in [-0.25, -0.2) is 9.59 Å². The zero-order valence-corrected chi connectivity index (χ0v) is 10.9. The second-order valence-corrected chi connectivity index (χ2v) is 3.25. The number of carbonyl (C=O) groups excluding carboxylic acids is 1. The Kier molecular flexibility index (Phi) is 8.81. The van der Waals surface area contributed by atoms with E-state index in [9.17, 15) is 9.59 Å². The minimum Gasteiger partial charge on any atom is -0.473 e. The molecule has 92 valence electrons. The van der Waals surface area contributed by atoms with Gasteiger partial charge in [0.1, 0.15) is 0 Å². The van der Waals surface area contributed by atoms with Crippen molar-refractivity contribution in [3.63, 3.8) is 0 Å². The van der Waals surface area contributed by atoms with Gasteiger partial charge in [0, 0.05) is 27.0 Å². The van der Waals surface area contributed by atoms with Gasteiger partial charge in [-0.2, -0.15) is 0 Å². The van der Waals surface area contributed by atoms with Gasteiger partial charge in [-0.05, 0) is 12.5 Å². The maximum atomic E-state index is 10.6. The zero-order chi connectivity index (χ0) is 11.3. The summed E-state index contributed by atoms with van der Waals surface area (Å²) >= 11 is 0. The van der Waals surface area contributed by atoms with Crippen LogP contribution in [0.15, 0.2) is 0 Å². The van der Waals surface area contributed by atoms with E-state index in [2.05, 4.69) is 4.74 Å². The largest absolute Gasteiger partial charge is 0.473 e. The Bertz CT molecular complexity index is 225. The van der Waals surface area contributed by atoms with Crippen molar-refractivity contribution in [3.8, 4) is 0 Å². The van der Waals surface area contributed by atoms with E-state index in [0.29, 0.717) is 6.54 Å². The van der Waals surface area contributed by atoms with Crippen molar-refractivity contribution < 1.29 is 40.5 Å². The molecule has 5 N–H and O–H groups in total. The number of aliphatic carboxylic acids is 1. The quantitative estimate of drug-likeness (QED) is 0.322. The molecule has 0 aliphatic carbocycles. The first-order valence-corrected chi connectivity index (χ1v) is 4.29. The van der Waals surface area contributed by atoms with E-state index in [4.69, 9.17) is 16.6 Å². The Morgan fingerprint density at radius 2 is 1.87 bits per heavy atom. The number of rotatable bonds is 4. The van der Waals surface area contributed by atoms with Gasteiger partial charge in [0.05, 0.1) is 0 Å². The number of esters is 1. The molecule has 0 spiro atoms. The van der Waals surface area contributed by atoms with Gasteiger partial charge in [0.2, 0.25) is 0 Å². The Morgan fingerprint density at radius 1 is 1.40 bits per heavy atom. The molecule has 7 heteroatoms. The number of carboxylic acid groups (broad SMARTS) is 1. The smallest absolute Gasteiger partial charge is 0.418 e. The fourth-order valence-corrected chi connectivity index (χ4v) is 0.820. The van der Waals surface area contributed by atoms with Gasteiger partial charge < -0.3 is 15.6 Å². The molecule has 3 atom stereocenters. The predicted molar refractivity (Wildman–Crippen MR) is 49.1 cm³/mol. The molecule has 0 saturated carbocycles. The molecule has 0 saturated heterocycles. The molecule has 0 rings (SSSR count). The van der Waals surface area contributed by atoms with Gasteiger partial charge in [0.15, 0.2) is 6.23 Å². The Labute approximate surface area is 103 Å². The van der Waals surface area contributed by atoms with Crippen LogP contribution in [0, 0.1) is 11.8 Å². The molecule has 0 aliphatic rings. The van der Waals surface area contributed by atoms with Gasteiger partial charge in [0.25, 0.3) is 0 Å². The summed E-state index contributed by atoms with van der Waals surface area (Å²) in [6.07, 6.45) is -0.933. The first-order valence-electron chi connectivity index (χ1n) is 4.29. The van der Waals surface area contributed by atoms with Crippen LogP contribution in [-0.4, -0.2) is 29.8 Å². The molecule has 0 aliphatic heterocycles. The van der Waals surface area contributed by atoms with E-state index in [-0.39, 0.29) is 32.9 Å². The summed E-state index contributed by atoms with van der Waals surface area (Å²) < 4.78 is 4.48. The van der Waals surface area contributed by atoms with E-state index in [1.807, 2.05) is 6.92 Å². The van der Waals surface area contributed by atoms with Crippen LogP contribution in [0.3, 0.4) is 0 Å². The zero-order valence-electron chi connectivity index (χ0n) is 8.58. The summed E-state index contributed by atoms with van der Waals surface area (Å²) in [6.45, 7) is 4.00. The predicted octanol–water partition coefficient (Wildman–Crippen LogP) is -0.873. The minimum absolute atomic E-state index is 0. The van der Waals surface area contributed by atoms with Crippen molar-refractivity contribution >= 4 is 11.9 Å². The van der Waals surface area contributed by atoms with Gasteiger partial charge >= 0.3 is 11.9 Å². The van der Waals surface area contributed by atoms with Gasteiger partial charge in [-0.3, -0.25) is 5.73 Å². The standard InChI is InChI=1S/C8H16N2O4.Pt/c1-4(3-9)5(2)6(10)14-8(13)7(11)12;/h4-6H,3,9-10H2,1-2H3,(H,11,12);. The molecular formula is C8H16N2O4Pt. The normalized spacial score (nSPS) is 15.7. The van der Waals surface area contributed by atoms with Crippen LogP contribution in [0.25, 0.3) is 0 Å². The van der Waals surface area contributed by atoms with E-state index >= 15 is 0 Å². The topological polar surface area (TPSA) is 116 Å². The first-order chi connectivity index (χ1) is 6.40. The van der Waals surface area contributed by atoms with Crippen LogP contribution in [0.5, 0.6) is 0 Å². The van der Waals surface area contributed by atoms with E-state index in [0.717, 1.165) is 0 Å². The van der Waals surface area contributed by atoms with Crippen molar-refractivity contribution in [1.29, 1.82) is 0 Å². The van der Waals surface area contributed by atoms with E-state index in [1.165, 1.54) is 0 Å². The Balaban J connectivity index is 0. The maximum absolute atomic E-state index is 10.6. The summed E-state index contributed by atoms with van der Waals surface area (Å²) in [7, 11) is 0. The molecule has 0 aromatic carbocycles. The molecule has 0 aromatic heterocycles. The molecule has 0 radical (unpaired) electrons. The summed E-state index contributed by atoms with van der Waals surface area (Å²) in [6, 6.07) is 0. The Hall–Kier alpha value is -0.452. The first kappa shape index (κ1) is 17.0. The summed E-state index contributed by atoms with van der Waals surface area (Å²) in [5.41, 5.74) is 10.9. The summed E-state index contributed by atoms with van der Waals surface area (Å²) in [5, 5.41) is 8.25. The van der Waals surface area contributed by atoms with Crippen LogP contribution in [0.1, 0.15) is 13.8 Å². The summed E-state index contributed by atoms with van der Waals surface area (Å²) in [5.74, 6) is -3.10. The monoisotopic (exact) mass is 399 g/mol. The number of carbonyl (C=O) groups is 2. The molecule has 15 heavy (non-hydrogen) atoms. The second-order valence-electron chi connectivity index (χ2n) is 3.25. The molecule has 0 amide bonds. The van der Waals surface area contributed by atoms with Crippen LogP contribution in [0.4, 0.5) is 0 Å². The van der Waals surface area contributed by atoms with E-state index < -0.39 is 18.2 Å². The van der Waals surface area contributed by atoms with Crippen molar-refractivity contribution in [3.05, 3.63) is 0 Å². The van der Waals surface area contributed by atoms with Crippen LogP contribution in [0.2, 0.25) is 0 Å². The molecule has 6 nitrogen and oxygen atoms in total. The third-order valence-electron chi connectivity index (χ3n) is 2.21. The average molecular weight is 399 g/mol. The van der Waals surface area contributed by atoms with E-state index in [1.54, 1.807) is 6.92 Å². The van der Waals surface area contributed by atoms with Crippen molar-refractivity contribution in [2.75, 3.05) is 6.54 Å². The SMILES string of the molecule is CC(CN)C(C)C(N)OC(=O)C(=O)O.[Pt]. The van der Waals surface area contributed by atoms with Crippen molar-refractivity contribution in [1.82, 2.24) is 0 Å². The third-order valence-corrected chi connectivity index (χ3v) is 2.21. The number of hydrogen-bond acceptors (Lipinski definition) is 5. The number of ether oxygens (including phenoxy) is 1. The number of nitrogens with two attached hydrogens (primary N) is 2. The van der Waals surface area contributed by atoms with Gasteiger partial charge in [-0.1, -0.05) is 13.8 Å². The third kappa shape index (κ3) is 5.87. The molecule has 0 heterocycles. The fourth-order valence-electron chi connectivity index (χ4n) is 0.820. The molecule has 0 bridgehead atoms. The van der Waals surface area contributed by atoms with Crippen molar-refractivity contribution in [2.24, 2.45) is 23.3 Å². The minimum atomic E-state index is -1.65. The van der Waals surface area contributed by atoms with Crippen molar-refractivity contribution in [2.45, 2.75) is 20.1 Å². The number of hydrogen-bond donors (Lipinski definition) is 3. The second kappa shape index (κ2) is 7.79. The molecule has 0 aromatic rings. The maximum Gasteiger partial charge on any atom is 0.418 e. The fraction of sp³-hybridized carbons (Fsp3) is 0.750. The Morgan fingerprint density at radius 3 is 2.20 bits per heavy atom. The van der Waals surface area contributed by atoms with Crippen LogP contribution in [-0.2, 0) is 35.4 Å². The van der Waals surface area contributed by atoms with Crippen LogP contribution < -0.4 is 11.5 Å². The van der Waals surface area contributed by atoms with Gasteiger partial charge in [-0.15, -0.1) is 0 Å². The molecule has 0 fully saturated rings. The average Bonchev–Trinajstić information content (AvgIpc) is 2.14. The van der Waals surface area contributed by atoms with Crippen LogP contribution >= 0.6 is 0 Å². The molecular weight excluding hydrogens is 383 g/mol. The number of carboxylic acids is 1. The summed E-state index contributed by atoms with van der Waals surface area (Å²) in [4.78, 5) is 20.8.